The van der Waals surface area contributed by atoms with E-state index in [1.54, 1.807) is 10.6 Å². The van der Waals surface area contributed by atoms with Crippen molar-refractivity contribution in [2.24, 2.45) is 0 Å². The minimum absolute atomic E-state index is 0.163. The number of aryl methyl sites for hydroxylation is 1. The Morgan fingerprint density at radius 2 is 2.06 bits per heavy atom. The summed E-state index contributed by atoms with van der Waals surface area (Å²) in [6, 6.07) is 3.52. The van der Waals surface area contributed by atoms with Crippen LogP contribution >= 0.6 is 0 Å². The summed E-state index contributed by atoms with van der Waals surface area (Å²) in [6.45, 7) is 4.60. The van der Waals surface area contributed by atoms with Crippen molar-refractivity contribution in [1.82, 2.24) is 4.57 Å². The van der Waals surface area contributed by atoms with Crippen molar-refractivity contribution in [3.63, 3.8) is 0 Å². The average Bonchev–Trinajstić information content (AvgIpc) is 2.29. The van der Waals surface area contributed by atoms with Crippen LogP contribution in [0.4, 0.5) is 0 Å². The second-order valence-corrected chi connectivity index (χ2v) is 4.07. The number of carbonyl (C=O) groups is 1. The van der Waals surface area contributed by atoms with Gasteiger partial charge in [-0.2, -0.15) is 0 Å². The van der Waals surface area contributed by atoms with E-state index in [1.807, 2.05) is 13.0 Å². The molecule has 0 aliphatic heterocycles. The van der Waals surface area contributed by atoms with E-state index in [-0.39, 0.29) is 12.0 Å². The van der Waals surface area contributed by atoms with Crippen molar-refractivity contribution in [1.29, 1.82) is 0 Å². The second kappa shape index (κ2) is 6.23. The molecular weight excluding hydrogens is 218 g/mol. The van der Waals surface area contributed by atoms with E-state index in [9.17, 15) is 9.59 Å². The maximum atomic E-state index is 12.0. The number of hydrogen-bond donors (Lipinski definition) is 1. The van der Waals surface area contributed by atoms with Crippen LogP contribution in [0.15, 0.2) is 16.9 Å². The standard InChI is InChI=1S/C13H19NO3/c1-3-5-6-11-8-7-10(9-12(15)16)13(17)14(11)4-2/h7-8H,3-6,9H2,1-2H3,(H,15,16). The molecule has 1 aromatic rings. The predicted molar refractivity (Wildman–Crippen MR) is 66.3 cm³/mol. The Kier molecular flexibility index (Phi) is 4.94. The highest BCUT2D eigenvalue weighted by atomic mass is 16.4. The molecule has 0 saturated carbocycles. The largest absolute Gasteiger partial charge is 0.481 e. The van der Waals surface area contributed by atoms with Gasteiger partial charge in [0.25, 0.3) is 5.56 Å². The molecule has 0 amide bonds. The maximum Gasteiger partial charge on any atom is 0.308 e. The number of unbranched alkanes of at least 4 members (excludes halogenated alkanes) is 1. The first-order chi connectivity index (χ1) is 8.10. The lowest BCUT2D eigenvalue weighted by Gasteiger charge is -2.11. The Labute approximate surface area is 101 Å². The molecule has 1 N–H and O–H groups in total. The van der Waals surface area contributed by atoms with Gasteiger partial charge in [-0.3, -0.25) is 9.59 Å². The van der Waals surface area contributed by atoms with Gasteiger partial charge in [0.05, 0.1) is 6.42 Å². The first kappa shape index (κ1) is 13.5. The summed E-state index contributed by atoms with van der Waals surface area (Å²) in [5.41, 5.74) is 1.19. The van der Waals surface area contributed by atoms with Crippen LogP contribution in [0.3, 0.4) is 0 Å². The smallest absolute Gasteiger partial charge is 0.308 e. The summed E-state index contributed by atoms with van der Waals surface area (Å²) in [5.74, 6) is -0.967. The Balaban J connectivity index is 3.08. The van der Waals surface area contributed by atoms with Crippen LogP contribution in [0, 0.1) is 0 Å². The molecule has 0 saturated heterocycles. The van der Waals surface area contributed by atoms with E-state index in [2.05, 4.69) is 6.92 Å². The average molecular weight is 237 g/mol. The Bertz CT molecular complexity index is 448. The lowest BCUT2D eigenvalue weighted by atomic mass is 10.1. The van der Waals surface area contributed by atoms with Crippen LogP contribution in [0.1, 0.15) is 37.9 Å². The molecule has 1 rings (SSSR count). The lowest BCUT2D eigenvalue weighted by molar-refractivity contribution is -0.136. The van der Waals surface area contributed by atoms with Crippen LogP contribution in [0.25, 0.3) is 0 Å². The molecular formula is C13H19NO3. The van der Waals surface area contributed by atoms with Gasteiger partial charge in [-0.25, -0.2) is 0 Å². The highest BCUT2D eigenvalue weighted by molar-refractivity contribution is 5.69. The van der Waals surface area contributed by atoms with Gasteiger partial charge in [-0.15, -0.1) is 0 Å². The molecule has 0 radical (unpaired) electrons. The van der Waals surface area contributed by atoms with E-state index < -0.39 is 5.97 Å². The molecule has 0 unspecified atom stereocenters. The highest BCUT2D eigenvalue weighted by Crippen LogP contribution is 2.05. The van der Waals surface area contributed by atoms with Gasteiger partial charge in [0.1, 0.15) is 0 Å². The minimum atomic E-state index is -0.967. The number of pyridine rings is 1. The van der Waals surface area contributed by atoms with E-state index >= 15 is 0 Å². The molecule has 0 aliphatic carbocycles. The lowest BCUT2D eigenvalue weighted by Crippen LogP contribution is -2.27. The number of aromatic nitrogens is 1. The SMILES string of the molecule is CCCCc1ccc(CC(=O)O)c(=O)n1CC. The predicted octanol–water partition coefficient (Wildman–Crippen LogP) is 1.84. The number of nitrogens with zero attached hydrogens (tertiary/aromatic N) is 1. The first-order valence-corrected chi connectivity index (χ1v) is 6.03. The molecule has 0 spiro atoms. The Morgan fingerprint density at radius 3 is 2.59 bits per heavy atom. The van der Waals surface area contributed by atoms with Gasteiger partial charge in [0, 0.05) is 17.8 Å². The third kappa shape index (κ3) is 3.44. The van der Waals surface area contributed by atoms with E-state index in [4.69, 9.17) is 5.11 Å². The number of aliphatic carboxylic acids is 1. The summed E-state index contributed by atoms with van der Waals surface area (Å²) < 4.78 is 1.67. The summed E-state index contributed by atoms with van der Waals surface area (Å²) in [5, 5.41) is 8.72. The van der Waals surface area contributed by atoms with Crippen LogP contribution in [0.5, 0.6) is 0 Å². The summed E-state index contributed by atoms with van der Waals surface area (Å²) in [6.07, 6.45) is 2.78. The Morgan fingerprint density at radius 1 is 1.35 bits per heavy atom. The third-order valence-corrected chi connectivity index (χ3v) is 2.79. The zero-order valence-electron chi connectivity index (χ0n) is 10.4. The molecule has 0 aliphatic rings. The van der Waals surface area contributed by atoms with Crippen molar-refractivity contribution in [2.75, 3.05) is 0 Å². The first-order valence-electron chi connectivity index (χ1n) is 6.03. The normalized spacial score (nSPS) is 10.5. The highest BCUT2D eigenvalue weighted by Gasteiger charge is 2.10. The summed E-state index contributed by atoms with van der Waals surface area (Å²) in [7, 11) is 0. The number of carboxylic acid groups (broad SMARTS) is 1. The quantitative estimate of drug-likeness (QED) is 0.821. The van der Waals surface area contributed by atoms with Gasteiger partial charge < -0.3 is 9.67 Å². The molecule has 4 heteroatoms. The van der Waals surface area contributed by atoms with Crippen molar-refractivity contribution >= 4 is 5.97 Å². The maximum absolute atomic E-state index is 12.0. The molecule has 94 valence electrons. The zero-order valence-corrected chi connectivity index (χ0v) is 10.4. The van der Waals surface area contributed by atoms with E-state index in [1.165, 1.54) is 0 Å². The summed E-state index contributed by atoms with van der Waals surface area (Å²) >= 11 is 0. The van der Waals surface area contributed by atoms with Gasteiger partial charge in [0.2, 0.25) is 0 Å². The van der Waals surface area contributed by atoms with Crippen LogP contribution < -0.4 is 5.56 Å². The second-order valence-electron chi connectivity index (χ2n) is 4.07. The minimum Gasteiger partial charge on any atom is -0.481 e. The fourth-order valence-electron chi connectivity index (χ4n) is 1.88. The Hall–Kier alpha value is -1.58. The van der Waals surface area contributed by atoms with Gasteiger partial charge >= 0.3 is 5.97 Å². The molecule has 0 atom stereocenters. The van der Waals surface area contributed by atoms with Gasteiger partial charge in [-0.1, -0.05) is 19.4 Å². The number of hydrogen-bond acceptors (Lipinski definition) is 2. The van der Waals surface area contributed by atoms with E-state index in [0.717, 1.165) is 25.0 Å². The molecule has 1 aromatic heterocycles. The van der Waals surface area contributed by atoms with Crippen molar-refractivity contribution in [3.05, 3.63) is 33.7 Å². The molecule has 0 fully saturated rings. The molecule has 0 aromatic carbocycles. The van der Waals surface area contributed by atoms with Crippen LogP contribution in [-0.2, 0) is 24.2 Å². The molecule has 4 nitrogen and oxygen atoms in total. The van der Waals surface area contributed by atoms with Crippen molar-refractivity contribution in [2.45, 2.75) is 46.1 Å². The fraction of sp³-hybridized carbons (Fsp3) is 0.538. The number of carboxylic acids is 1. The van der Waals surface area contributed by atoms with Gasteiger partial charge in [0.15, 0.2) is 0 Å². The van der Waals surface area contributed by atoms with Crippen LogP contribution in [-0.4, -0.2) is 15.6 Å². The summed E-state index contributed by atoms with van der Waals surface area (Å²) in [4.78, 5) is 22.6. The topological polar surface area (TPSA) is 59.3 Å². The van der Waals surface area contributed by atoms with Crippen LogP contribution in [0.2, 0.25) is 0 Å². The monoisotopic (exact) mass is 237 g/mol. The molecule has 1 heterocycles. The third-order valence-electron chi connectivity index (χ3n) is 2.79. The molecule has 17 heavy (non-hydrogen) atoms. The number of rotatable bonds is 6. The molecule has 0 bridgehead atoms. The van der Waals surface area contributed by atoms with Crippen molar-refractivity contribution < 1.29 is 9.90 Å². The van der Waals surface area contributed by atoms with E-state index in [0.29, 0.717) is 12.1 Å². The van der Waals surface area contributed by atoms with Gasteiger partial charge in [-0.05, 0) is 25.8 Å². The fourth-order valence-corrected chi connectivity index (χ4v) is 1.88. The zero-order chi connectivity index (χ0) is 12.8. The van der Waals surface area contributed by atoms with Crippen molar-refractivity contribution in [3.8, 4) is 0 Å².